The summed E-state index contributed by atoms with van der Waals surface area (Å²) in [5.74, 6) is -1.14. The largest absolute Gasteiger partial charge is 0.270 e. The second kappa shape index (κ2) is 7.32. The first-order valence-corrected chi connectivity index (χ1v) is 7.42. The number of hydrazine groups is 1. The van der Waals surface area contributed by atoms with E-state index >= 15 is 0 Å². The van der Waals surface area contributed by atoms with Crippen LogP contribution in [0, 0.1) is 17.0 Å². The smallest absolute Gasteiger partial charge is 0.268 e. The average Bonchev–Trinajstić information content (AvgIpc) is 2.95. The van der Waals surface area contributed by atoms with E-state index in [2.05, 4.69) is 10.9 Å². The number of nitrogens with zero attached hydrogens (tertiary/aromatic N) is 1. The Morgan fingerprint density at radius 3 is 2.70 bits per heavy atom. The molecular weight excluding hydrogens is 318 g/mol. The summed E-state index contributed by atoms with van der Waals surface area (Å²) < 4.78 is 0. The highest BCUT2D eigenvalue weighted by Gasteiger charge is 2.11. The number of amides is 2. The van der Waals surface area contributed by atoms with E-state index in [1.807, 2.05) is 18.4 Å². The third kappa shape index (κ3) is 4.48. The van der Waals surface area contributed by atoms with Gasteiger partial charge >= 0.3 is 0 Å². The molecule has 2 rings (SSSR count). The quantitative estimate of drug-likeness (QED) is 0.510. The lowest BCUT2D eigenvalue weighted by atomic mass is 10.2. The summed E-state index contributed by atoms with van der Waals surface area (Å²) in [6.07, 6.45) is 2.95. The molecule has 2 N–H and O–H groups in total. The number of benzene rings is 1. The van der Waals surface area contributed by atoms with E-state index in [1.54, 1.807) is 6.08 Å². The number of aryl methyl sites for hydroxylation is 1. The van der Waals surface area contributed by atoms with Gasteiger partial charge in [0.05, 0.1) is 4.92 Å². The van der Waals surface area contributed by atoms with Crippen molar-refractivity contribution in [2.45, 2.75) is 6.92 Å². The molecular formula is C15H13N3O4S. The molecule has 118 valence electrons. The molecule has 23 heavy (non-hydrogen) atoms. The second-order valence-corrected chi connectivity index (χ2v) is 5.50. The Morgan fingerprint density at radius 2 is 2.04 bits per heavy atom. The zero-order valence-corrected chi connectivity index (χ0v) is 12.9. The lowest BCUT2D eigenvalue weighted by Crippen LogP contribution is -2.40. The van der Waals surface area contributed by atoms with Crippen molar-refractivity contribution < 1.29 is 14.5 Å². The Bertz CT molecular complexity index is 783. The molecule has 0 aliphatic rings. The molecule has 1 heterocycles. The summed E-state index contributed by atoms with van der Waals surface area (Å²) in [6.45, 7) is 1.93. The number of carbonyl (C=O) groups is 2. The first-order valence-electron chi connectivity index (χ1n) is 6.54. The van der Waals surface area contributed by atoms with Gasteiger partial charge in [0, 0.05) is 28.6 Å². The van der Waals surface area contributed by atoms with Crippen LogP contribution in [0.1, 0.15) is 20.8 Å². The number of nitro groups is 1. The van der Waals surface area contributed by atoms with Gasteiger partial charge in [-0.3, -0.25) is 30.6 Å². The van der Waals surface area contributed by atoms with E-state index in [0.29, 0.717) is 0 Å². The molecule has 0 radical (unpaired) electrons. The maximum atomic E-state index is 11.8. The summed E-state index contributed by atoms with van der Waals surface area (Å²) in [4.78, 5) is 34.5. The van der Waals surface area contributed by atoms with Crippen molar-refractivity contribution in [1.82, 2.24) is 10.9 Å². The van der Waals surface area contributed by atoms with Crippen LogP contribution in [0.5, 0.6) is 0 Å². The lowest BCUT2D eigenvalue weighted by molar-refractivity contribution is -0.384. The Balaban J connectivity index is 1.92. The second-order valence-electron chi connectivity index (χ2n) is 4.55. The Labute approximate surface area is 135 Å². The monoisotopic (exact) mass is 331 g/mol. The van der Waals surface area contributed by atoms with Crippen LogP contribution in [-0.4, -0.2) is 16.7 Å². The molecule has 2 aromatic rings. The molecule has 0 saturated carbocycles. The van der Waals surface area contributed by atoms with Crippen molar-refractivity contribution in [2.24, 2.45) is 0 Å². The molecule has 0 saturated heterocycles. The summed E-state index contributed by atoms with van der Waals surface area (Å²) in [6, 6.07) is 7.16. The van der Waals surface area contributed by atoms with Crippen molar-refractivity contribution in [1.29, 1.82) is 0 Å². The van der Waals surface area contributed by atoms with Crippen LogP contribution in [0.2, 0.25) is 0 Å². The normalized spacial score (nSPS) is 10.5. The van der Waals surface area contributed by atoms with Crippen molar-refractivity contribution in [3.05, 3.63) is 67.9 Å². The first-order chi connectivity index (χ1) is 11.0. The van der Waals surface area contributed by atoms with E-state index in [4.69, 9.17) is 0 Å². The molecule has 2 amide bonds. The number of thiophene rings is 1. The molecule has 0 atom stereocenters. The van der Waals surface area contributed by atoms with Crippen LogP contribution in [0.4, 0.5) is 5.69 Å². The molecule has 1 aromatic heterocycles. The molecule has 0 bridgehead atoms. The van der Waals surface area contributed by atoms with Gasteiger partial charge in [0.2, 0.25) is 0 Å². The lowest BCUT2D eigenvalue weighted by Gasteiger charge is -2.05. The third-order valence-corrected chi connectivity index (χ3v) is 3.89. The summed E-state index contributed by atoms with van der Waals surface area (Å²) in [7, 11) is 0. The number of hydrogen-bond donors (Lipinski definition) is 2. The van der Waals surface area contributed by atoms with E-state index in [1.165, 1.54) is 35.6 Å². The number of nitro benzene ring substituents is 1. The van der Waals surface area contributed by atoms with Crippen LogP contribution < -0.4 is 10.9 Å². The highest BCUT2D eigenvalue weighted by Crippen LogP contribution is 2.16. The predicted octanol–water partition coefficient (Wildman–Crippen LogP) is 2.44. The predicted molar refractivity (Wildman–Crippen MR) is 86.8 cm³/mol. The van der Waals surface area contributed by atoms with Gasteiger partial charge < -0.3 is 0 Å². The van der Waals surface area contributed by atoms with Gasteiger partial charge in [-0.15, -0.1) is 11.3 Å². The maximum Gasteiger partial charge on any atom is 0.270 e. The first kappa shape index (κ1) is 16.4. The van der Waals surface area contributed by atoms with Crippen LogP contribution in [0.15, 0.2) is 41.8 Å². The minimum Gasteiger partial charge on any atom is -0.268 e. The third-order valence-electron chi connectivity index (χ3n) is 2.91. The topological polar surface area (TPSA) is 101 Å². The molecule has 0 fully saturated rings. The van der Waals surface area contributed by atoms with Crippen LogP contribution in [0.25, 0.3) is 6.08 Å². The van der Waals surface area contributed by atoms with Crippen molar-refractivity contribution in [3.63, 3.8) is 0 Å². The highest BCUT2D eigenvalue weighted by atomic mass is 32.1. The number of non-ortho nitro benzene ring substituents is 1. The van der Waals surface area contributed by atoms with Gasteiger partial charge in [0.25, 0.3) is 17.5 Å². The maximum absolute atomic E-state index is 11.8. The van der Waals surface area contributed by atoms with Gasteiger partial charge in [0.15, 0.2) is 0 Å². The SMILES string of the molecule is Cc1ccsc1/C=C/C(=O)NNC(=O)c1cccc([N+](=O)[O-])c1. The Hall–Kier alpha value is -3.00. The minimum absolute atomic E-state index is 0.0811. The van der Waals surface area contributed by atoms with Crippen LogP contribution in [-0.2, 0) is 4.79 Å². The standard InChI is InChI=1S/C15H13N3O4S/c1-10-7-8-23-13(10)5-6-14(19)16-17-15(20)11-3-2-4-12(9-11)18(21)22/h2-9H,1H3,(H,16,19)(H,17,20)/b6-5+. The van der Waals surface area contributed by atoms with Crippen molar-refractivity contribution in [2.75, 3.05) is 0 Å². The number of nitrogens with one attached hydrogen (secondary N) is 2. The molecule has 0 aliphatic heterocycles. The molecule has 1 aromatic carbocycles. The van der Waals surface area contributed by atoms with Gasteiger partial charge in [0.1, 0.15) is 0 Å². The summed E-state index contributed by atoms with van der Waals surface area (Å²) >= 11 is 1.50. The van der Waals surface area contributed by atoms with E-state index in [9.17, 15) is 19.7 Å². The fraction of sp³-hybridized carbons (Fsp3) is 0.0667. The highest BCUT2D eigenvalue weighted by molar-refractivity contribution is 7.11. The van der Waals surface area contributed by atoms with Crippen molar-refractivity contribution >= 4 is 34.9 Å². The van der Waals surface area contributed by atoms with Gasteiger partial charge in [-0.05, 0) is 36.1 Å². The molecule has 0 aliphatic carbocycles. The van der Waals surface area contributed by atoms with E-state index < -0.39 is 16.7 Å². The molecule has 0 unspecified atom stereocenters. The Kier molecular flexibility index (Phi) is 5.21. The fourth-order valence-electron chi connectivity index (χ4n) is 1.70. The average molecular weight is 331 g/mol. The number of carbonyl (C=O) groups excluding carboxylic acids is 2. The number of hydrogen-bond acceptors (Lipinski definition) is 5. The van der Waals surface area contributed by atoms with E-state index in [-0.39, 0.29) is 11.3 Å². The van der Waals surface area contributed by atoms with Crippen LogP contribution in [0.3, 0.4) is 0 Å². The summed E-state index contributed by atoms with van der Waals surface area (Å²) in [5.41, 5.74) is 5.36. The molecule has 8 heteroatoms. The molecule has 0 spiro atoms. The number of rotatable bonds is 4. The van der Waals surface area contributed by atoms with Gasteiger partial charge in [-0.1, -0.05) is 6.07 Å². The van der Waals surface area contributed by atoms with E-state index in [0.717, 1.165) is 16.5 Å². The van der Waals surface area contributed by atoms with Gasteiger partial charge in [-0.2, -0.15) is 0 Å². The van der Waals surface area contributed by atoms with Crippen LogP contribution >= 0.6 is 11.3 Å². The zero-order valence-electron chi connectivity index (χ0n) is 12.1. The molecule has 7 nitrogen and oxygen atoms in total. The fourth-order valence-corrected chi connectivity index (χ4v) is 2.52. The minimum atomic E-state index is -0.636. The zero-order chi connectivity index (χ0) is 16.8. The van der Waals surface area contributed by atoms with Gasteiger partial charge in [-0.25, -0.2) is 0 Å². The summed E-state index contributed by atoms with van der Waals surface area (Å²) in [5, 5.41) is 12.6. The Morgan fingerprint density at radius 1 is 1.26 bits per heavy atom. The van der Waals surface area contributed by atoms with Crippen molar-refractivity contribution in [3.8, 4) is 0 Å².